The summed E-state index contributed by atoms with van der Waals surface area (Å²) in [6, 6.07) is 5.17. The second-order valence-corrected chi connectivity index (χ2v) is 10.4. The molecule has 0 atom stereocenters. The molecule has 1 aliphatic carbocycles. The Morgan fingerprint density at radius 1 is 1.21 bits per heavy atom. The number of fused-ring (bicyclic) bond motifs is 1. The van der Waals surface area contributed by atoms with E-state index in [1.165, 1.54) is 29.2 Å². The summed E-state index contributed by atoms with van der Waals surface area (Å²) in [6.07, 6.45) is 0.445. The molecular weight excluding hydrogens is 575 g/mol. The number of alkyl halides is 5. The van der Waals surface area contributed by atoms with E-state index in [9.17, 15) is 26.7 Å². The lowest BCUT2D eigenvalue weighted by Crippen LogP contribution is -2.37. The van der Waals surface area contributed by atoms with Gasteiger partial charge in [0.05, 0.1) is 30.7 Å². The summed E-state index contributed by atoms with van der Waals surface area (Å²) >= 11 is 0. The lowest BCUT2D eigenvalue weighted by molar-refractivity contribution is -0.141. The summed E-state index contributed by atoms with van der Waals surface area (Å²) in [5.41, 5.74) is 6.29. The van der Waals surface area contributed by atoms with E-state index in [2.05, 4.69) is 25.7 Å². The maximum atomic E-state index is 14.0. The summed E-state index contributed by atoms with van der Waals surface area (Å²) in [5.74, 6) is -3.20. The highest BCUT2D eigenvalue weighted by molar-refractivity contribution is 5.96. The van der Waals surface area contributed by atoms with Crippen molar-refractivity contribution < 1.29 is 31.5 Å². The Morgan fingerprint density at radius 2 is 2.00 bits per heavy atom. The van der Waals surface area contributed by atoms with Crippen LogP contribution in [0.4, 0.5) is 33.5 Å². The highest BCUT2D eigenvalue weighted by atomic mass is 19.4. The van der Waals surface area contributed by atoms with Crippen LogP contribution in [0.2, 0.25) is 0 Å². The topological polar surface area (TPSA) is 124 Å². The highest BCUT2D eigenvalue weighted by Gasteiger charge is 2.46. The van der Waals surface area contributed by atoms with E-state index in [4.69, 9.17) is 10.5 Å². The molecule has 1 aliphatic rings. The van der Waals surface area contributed by atoms with Gasteiger partial charge in [0, 0.05) is 62.3 Å². The van der Waals surface area contributed by atoms with Crippen molar-refractivity contribution in [3.63, 3.8) is 0 Å². The van der Waals surface area contributed by atoms with E-state index in [1.54, 1.807) is 18.2 Å². The average Bonchev–Trinajstić information content (AvgIpc) is 3.56. The molecule has 0 aliphatic heterocycles. The molecule has 5 rings (SSSR count). The first kappa shape index (κ1) is 30.4. The highest BCUT2D eigenvalue weighted by Crippen LogP contribution is 2.44. The number of hydrogen-bond donors (Lipinski definition) is 3. The predicted octanol–water partition coefficient (Wildman–Crippen LogP) is 4.67. The van der Waals surface area contributed by atoms with Crippen LogP contribution in [0, 0.1) is 5.92 Å². The molecule has 0 saturated heterocycles. The zero-order valence-corrected chi connectivity index (χ0v) is 23.3. The number of carbonyl (C=O) groups is 1. The number of aromatic nitrogens is 5. The number of carbonyl (C=O) groups excluding carboxylic acids is 1. The number of amides is 1. The molecule has 4 aromatic rings. The lowest BCUT2D eigenvalue weighted by atomic mass is 9.81. The fourth-order valence-corrected chi connectivity index (χ4v) is 5.14. The van der Waals surface area contributed by atoms with Crippen molar-refractivity contribution in [3.05, 3.63) is 59.8 Å². The third-order valence-electron chi connectivity index (χ3n) is 7.14. The normalized spacial score (nSPS) is 15.0. The first-order valence-electron chi connectivity index (χ1n) is 13.8. The minimum absolute atomic E-state index is 0.0421. The minimum atomic E-state index is -4.77. The first-order valence-corrected chi connectivity index (χ1v) is 13.8. The number of nitrogens with two attached hydrogens (primary N) is 1. The van der Waals surface area contributed by atoms with Crippen LogP contribution in [0.15, 0.2) is 43.0 Å². The molecule has 10 nitrogen and oxygen atoms in total. The van der Waals surface area contributed by atoms with Crippen LogP contribution >= 0.6 is 0 Å². The summed E-state index contributed by atoms with van der Waals surface area (Å²) < 4.78 is 76.3. The van der Waals surface area contributed by atoms with E-state index in [1.807, 2.05) is 6.92 Å². The Balaban J connectivity index is 1.38. The van der Waals surface area contributed by atoms with Gasteiger partial charge in [-0.2, -0.15) is 18.3 Å². The van der Waals surface area contributed by atoms with Gasteiger partial charge in [-0.15, -0.1) is 0 Å². The maximum absolute atomic E-state index is 14.0. The fraction of sp³-hybridized carbons (Fsp3) is 0.429. The van der Waals surface area contributed by atoms with E-state index < -0.39 is 23.7 Å². The molecule has 15 heteroatoms. The summed E-state index contributed by atoms with van der Waals surface area (Å²) in [4.78, 5) is 21.3. The van der Waals surface area contributed by atoms with E-state index >= 15 is 0 Å². The number of ether oxygens (including phenoxy) is 1. The number of rotatable bonds is 12. The zero-order chi connectivity index (χ0) is 30.8. The molecule has 43 heavy (non-hydrogen) atoms. The number of halogens is 5. The molecular formula is C28H31F5N8O2. The second-order valence-electron chi connectivity index (χ2n) is 10.4. The summed E-state index contributed by atoms with van der Waals surface area (Å²) in [6.45, 7) is 3.36. The summed E-state index contributed by atoms with van der Waals surface area (Å²) in [5, 5.41) is 9.66. The van der Waals surface area contributed by atoms with Crippen LogP contribution in [0.5, 0.6) is 0 Å². The Morgan fingerprint density at radius 3 is 2.70 bits per heavy atom. The van der Waals surface area contributed by atoms with Crippen LogP contribution in [0.3, 0.4) is 0 Å². The van der Waals surface area contributed by atoms with Crippen LogP contribution < -0.4 is 16.4 Å². The Kier molecular flexibility index (Phi) is 8.64. The fourth-order valence-electron chi connectivity index (χ4n) is 5.14. The molecule has 0 spiro atoms. The molecule has 230 valence electrons. The smallest absolute Gasteiger partial charge is 0.378 e. The van der Waals surface area contributed by atoms with Gasteiger partial charge in [0.25, 0.3) is 5.91 Å². The van der Waals surface area contributed by atoms with Gasteiger partial charge >= 0.3 is 6.18 Å². The maximum Gasteiger partial charge on any atom is 0.435 e. The number of aryl methyl sites for hydroxylation is 1. The van der Waals surface area contributed by atoms with Gasteiger partial charge in [0.2, 0.25) is 5.92 Å². The van der Waals surface area contributed by atoms with E-state index in [0.717, 1.165) is 10.2 Å². The summed E-state index contributed by atoms with van der Waals surface area (Å²) in [7, 11) is 0. The molecule has 3 heterocycles. The van der Waals surface area contributed by atoms with Crippen molar-refractivity contribution in [1.29, 1.82) is 0 Å². The molecule has 0 radical (unpaired) electrons. The largest absolute Gasteiger partial charge is 0.435 e. The molecule has 3 aromatic heterocycles. The van der Waals surface area contributed by atoms with Crippen LogP contribution in [0.25, 0.3) is 16.9 Å². The predicted molar refractivity (Wildman–Crippen MR) is 148 cm³/mol. The van der Waals surface area contributed by atoms with Gasteiger partial charge in [0.15, 0.2) is 17.2 Å². The molecule has 0 unspecified atom stereocenters. The van der Waals surface area contributed by atoms with Gasteiger partial charge in [-0.05, 0) is 36.1 Å². The number of benzene rings is 1. The van der Waals surface area contributed by atoms with Crippen molar-refractivity contribution in [3.8, 4) is 11.3 Å². The van der Waals surface area contributed by atoms with E-state index in [-0.39, 0.29) is 48.0 Å². The van der Waals surface area contributed by atoms with Gasteiger partial charge < -0.3 is 21.1 Å². The Labute approximate surface area is 243 Å². The van der Waals surface area contributed by atoms with Crippen molar-refractivity contribution in [2.75, 3.05) is 31.6 Å². The van der Waals surface area contributed by atoms with Crippen LogP contribution in [0.1, 0.15) is 41.4 Å². The standard InChI is InChI=1S/C28H31F5N8O2/c1-2-18-11-19(3-4-20(18)26(42)36-7-10-43-9-5-34)38-24-25-37-14-22(41(25)8-6-35-24)21-16-40(39-23(21)28(31,32)33)15-17-12-27(29,30)13-17/h3-4,6,8,11,14,16-17H,2,5,7,9-10,12-13,15,34H2,1H3,(H,35,38)(H,36,42). The molecule has 1 aromatic carbocycles. The van der Waals surface area contributed by atoms with Crippen molar-refractivity contribution in [2.24, 2.45) is 11.7 Å². The van der Waals surface area contributed by atoms with Crippen molar-refractivity contribution in [2.45, 2.75) is 44.8 Å². The third kappa shape index (κ3) is 6.77. The number of anilines is 2. The average molecular weight is 607 g/mol. The second kappa shape index (κ2) is 12.2. The SMILES string of the molecule is CCc1cc(Nc2nccn3c(-c4cn(CC5CC(F)(F)C5)nc4C(F)(F)F)cnc23)ccc1C(=O)NCCOCCN. The molecule has 0 bridgehead atoms. The van der Waals surface area contributed by atoms with Crippen LogP contribution in [-0.2, 0) is 23.9 Å². The van der Waals surface area contributed by atoms with Gasteiger partial charge in [-0.25, -0.2) is 18.7 Å². The van der Waals surface area contributed by atoms with Gasteiger partial charge in [-0.1, -0.05) is 6.92 Å². The van der Waals surface area contributed by atoms with Crippen molar-refractivity contribution >= 4 is 23.1 Å². The van der Waals surface area contributed by atoms with Crippen LogP contribution in [-0.4, -0.2) is 62.3 Å². The molecule has 4 N–H and O–H groups in total. The first-order chi connectivity index (χ1) is 20.5. The number of nitrogens with zero attached hydrogens (tertiary/aromatic N) is 5. The number of hydrogen-bond acceptors (Lipinski definition) is 7. The molecule has 1 fully saturated rings. The van der Waals surface area contributed by atoms with Crippen molar-refractivity contribution in [1.82, 2.24) is 29.5 Å². The third-order valence-corrected chi connectivity index (χ3v) is 7.14. The van der Waals surface area contributed by atoms with E-state index in [0.29, 0.717) is 44.0 Å². The van der Waals surface area contributed by atoms with Gasteiger partial charge in [-0.3, -0.25) is 13.9 Å². The Bertz CT molecular complexity index is 1590. The number of nitrogens with one attached hydrogen (secondary N) is 2. The number of imidazole rings is 1. The zero-order valence-electron chi connectivity index (χ0n) is 23.3. The Hall–Kier alpha value is -4.11. The lowest BCUT2D eigenvalue weighted by Gasteiger charge is -2.34. The quantitative estimate of drug-likeness (QED) is 0.158. The van der Waals surface area contributed by atoms with Gasteiger partial charge in [0.1, 0.15) is 0 Å². The minimum Gasteiger partial charge on any atom is -0.378 e. The monoisotopic (exact) mass is 606 g/mol. The molecule has 1 amide bonds. The molecule has 1 saturated carbocycles.